The third-order valence-corrected chi connectivity index (χ3v) is 3.57. The summed E-state index contributed by atoms with van der Waals surface area (Å²) in [5, 5.41) is 11.5. The first kappa shape index (κ1) is 16.0. The molecule has 2 heterocycles. The van der Waals surface area contributed by atoms with E-state index >= 15 is 0 Å². The second-order valence-electron chi connectivity index (χ2n) is 5.16. The molecule has 1 atom stereocenters. The van der Waals surface area contributed by atoms with Gasteiger partial charge in [-0.15, -0.1) is 0 Å². The van der Waals surface area contributed by atoms with Crippen LogP contribution < -0.4 is 11.2 Å². The second kappa shape index (κ2) is 7.56. The van der Waals surface area contributed by atoms with Gasteiger partial charge in [0.1, 0.15) is 6.04 Å². The number of hydrogen-bond donors (Lipinski definition) is 3. The Morgan fingerprint density at radius 1 is 1.41 bits per heavy atom. The maximum atomic E-state index is 11.1. The van der Waals surface area contributed by atoms with Crippen LogP contribution >= 0.6 is 0 Å². The molecule has 118 valence electrons. The fourth-order valence-electron chi connectivity index (χ4n) is 2.42. The zero-order valence-corrected chi connectivity index (χ0v) is 12.2. The van der Waals surface area contributed by atoms with Crippen LogP contribution in [0.3, 0.4) is 0 Å². The second-order valence-corrected chi connectivity index (χ2v) is 5.16. The molecular formula is C15H20N4O3. The van der Waals surface area contributed by atoms with Crippen LogP contribution in [0.15, 0.2) is 29.3 Å². The molecule has 0 radical (unpaired) electrons. The van der Waals surface area contributed by atoms with Crippen molar-refractivity contribution < 1.29 is 14.7 Å². The Balaban J connectivity index is 0.000000162. The number of carbonyl (C=O) groups excluding carboxylic acids is 1. The topological polar surface area (TPSA) is 108 Å². The molecule has 2 amide bonds. The average Bonchev–Trinajstić information content (AvgIpc) is 2.52. The van der Waals surface area contributed by atoms with Crippen molar-refractivity contribution in [1.82, 2.24) is 10.3 Å². The van der Waals surface area contributed by atoms with Crippen molar-refractivity contribution in [1.29, 1.82) is 0 Å². The number of hydrogen-bond acceptors (Lipinski definition) is 4. The van der Waals surface area contributed by atoms with Crippen molar-refractivity contribution >= 4 is 18.2 Å². The van der Waals surface area contributed by atoms with Gasteiger partial charge < -0.3 is 10.4 Å². The standard InChI is InChI=1S/C9H9N.C6H11N3O3/c1-2-4-9-7-10-6-5-8(9)3-1;7-9-3-1-2-4(5(9)10)8-6(11)12/h1-4,7H,5-6H2;4,8H,1-3,7H2,(H,11,12). The maximum Gasteiger partial charge on any atom is 0.405 e. The number of aliphatic imine (C=N–C) groups is 1. The SMILES string of the molecule is C1=NCCc2ccccc21.NN1CCCC(NC(=O)O)C1=O. The van der Waals surface area contributed by atoms with Crippen LogP contribution in [-0.4, -0.2) is 47.5 Å². The van der Waals surface area contributed by atoms with Gasteiger partial charge in [0.25, 0.3) is 5.91 Å². The molecule has 4 N–H and O–H groups in total. The summed E-state index contributed by atoms with van der Waals surface area (Å²) in [6.07, 6.45) is 3.13. The molecule has 1 aromatic carbocycles. The first-order chi connectivity index (χ1) is 10.6. The normalized spacial score (nSPS) is 19.8. The molecular weight excluding hydrogens is 284 g/mol. The molecule has 1 aromatic rings. The molecule has 1 unspecified atom stereocenters. The van der Waals surface area contributed by atoms with Crippen LogP contribution in [0, 0.1) is 0 Å². The molecule has 1 saturated heterocycles. The maximum absolute atomic E-state index is 11.1. The third kappa shape index (κ3) is 4.29. The van der Waals surface area contributed by atoms with Gasteiger partial charge in [0.15, 0.2) is 0 Å². The summed E-state index contributed by atoms with van der Waals surface area (Å²) >= 11 is 0. The van der Waals surface area contributed by atoms with E-state index in [1.165, 1.54) is 11.1 Å². The highest BCUT2D eigenvalue weighted by Gasteiger charge is 2.27. The number of carboxylic acid groups (broad SMARTS) is 1. The number of hydrazine groups is 1. The lowest BCUT2D eigenvalue weighted by atomic mass is 10.0. The predicted molar refractivity (Wildman–Crippen MR) is 82.7 cm³/mol. The van der Waals surface area contributed by atoms with Crippen molar-refractivity contribution in [2.24, 2.45) is 10.8 Å². The van der Waals surface area contributed by atoms with Gasteiger partial charge in [-0.25, -0.2) is 10.6 Å². The number of nitrogens with two attached hydrogens (primary N) is 1. The van der Waals surface area contributed by atoms with E-state index in [1.54, 1.807) is 0 Å². The highest BCUT2D eigenvalue weighted by molar-refractivity contribution is 5.85. The summed E-state index contributed by atoms with van der Waals surface area (Å²) in [7, 11) is 0. The number of amides is 2. The Morgan fingerprint density at radius 2 is 2.18 bits per heavy atom. The Morgan fingerprint density at radius 3 is 2.91 bits per heavy atom. The summed E-state index contributed by atoms with van der Waals surface area (Å²) in [5.41, 5.74) is 2.71. The highest BCUT2D eigenvalue weighted by atomic mass is 16.4. The number of carbonyl (C=O) groups is 2. The number of nitrogens with one attached hydrogen (secondary N) is 1. The minimum Gasteiger partial charge on any atom is -0.465 e. The Hall–Kier alpha value is -2.41. The van der Waals surface area contributed by atoms with E-state index in [1.807, 2.05) is 6.21 Å². The summed E-state index contributed by atoms with van der Waals surface area (Å²) < 4.78 is 0. The molecule has 2 aliphatic rings. The number of nitrogens with zero attached hydrogens (tertiary/aromatic N) is 2. The number of benzene rings is 1. The van der Waals surface area contributed by atoms with E-state index in [0.29, 0.717) is 13.0 Å². The first-order valence-electron chi connectivity index (χ1n) is 7.21. The zero-order valence-electron chi connectivity index (χ0n) is 12.2. The van der Waals surface area contributed by atoms with Gasteiger partial charge in [-0.1, -0.05) is 24.3 Å². The van der Waals surface area contributed by atoms with E-state index in [0.717, 1.165) is 24.4 Å². The minimum absolute atomic E-state index is 0.358. The number of piperidine rings is 1. The number of rotatable bonds is 1. The Bertz CT molecular complexity index is 574. The Kier molecular flexibility index (Phi) is 5.48. The van der Waals surface area contributed by atoms with Crippen LogP contribution in [0.2, 0.25) is 0 Å². The molecule has 2 aliphatic heterocycles. The van der Waals surface area contributed by atoms with Crippen molar-refractivity contribution in [2.75, 3.05) is 13.1 Å². The molecule has 0 spiro atoms. The van der Waals surface area contributed by atoms with Crippen LogP contribution in [0.25, 0.3) is 0 Å². The molecule has 0 bridgehead atoms. The van der Waals surface area contributed by atoms with Gasteiger partial charge in [-0.2, -0.15) is 0 Å². The fraction of sp³-hybridized carbons (Fsp3) is 0.400. The van der Waals surface area contributed by atoms with Gasteiger partial charge in [-0.05, 0) is 30.4 Å². The van der Waals surface area contributed by atoms with Crippen LogP contribution in [0.5, 0.6) is 0 Å². The van der Waals surface area contributed by atoms with E-state index in [2.05, 4.69) is 34.6 Å². The van der Waals surface area contributed by atoms with Gasteiger partial charge >= 0.3 is 6.09 Å². The van der Waals surface area contributed by atoms with E-state index in [4.69, 9.17) is 10.9 Å². The summed E-state index contributed by atoms with van der Waals surface area (Å²) in [6, 6.07) is 7.74. The summed E-state index contributed by atoms with van der Waals surface area (Å²) in [5.74, 6) is 4.94. The minimum atomic E-state index is -1.19. The molecule has 0 aromatic heterocycles. The summed E-state index contributed by atoms with van der Waals surface area (Å²) in [4.78, 5) is 25.5. The lowest BCUT2D eigenvalue weighted by Crippen LogP contribution is -2.54. The molecule has 0 aliphatic carbocycles. The molecule has 7 heteroatoms. The van der Waals surface area contributed by atoms with E-state index in [-0.39, 0.29) is 5.91 Å². The number of fused-ring (bicyclic) bond motifs is 1. The van der Waals surface area contributed by atoms with Crippen LogP contribution in [0.1, 0.15) is 24.0 Å². The highest BCUT2D eigenvalue weighted by Crippen LogP contribution is 2.10. The van der Waals surface area contributed by atoms with E-state index in [9.17, 15) is 9.59 Å². The monoisotopic (exact) mass is 304 g/mol. The fourth-order valence-corrected chi connectivity index (χ4v) is 2.42. The van der Waals surface area contributed by atoms with Crippen LogP contribution in [-0.2, 0) is 11.2 Å². The van der Waals surface area contributed by atoms with Gasteiger partial charge in [-0.3, -0.25) is 14.8 Å². The molecule has 22 heavy (non-hydrogen) atoms. The molecule has 7 nitrogen and oxygen atoms in total. The van der Waals surface area contributed by atoms with Crippen LogP contribution in [0.4, 0.5) is 4.79 Å². The van der Waals surface area contributed by atoms with Crippen molar-refractivity contribution in [3.05, 3.63) is 35.4 Å². The lowest BCUT2D eigenvalue weighted by molar-refractivity contribution is -0.136. The first-order valence-corrected chi connectivity index (χ1v) is 7.21. The zero-order chi connectivity index (χ0) is 15.9. The molecule has 1 fully saturated rings. The average molecular weight is 304 g/mol. The van der Waals surface area contributed by atoms with Gasteiger partial charge in [0.05, 0.1) is 0 Å². The third-order valence-electron chi connectivity index (χ3n) is 3.57. The quantitative estimate of drug-likeness (QED) is 0.526. The van der Waals surface area contributed by atoms with Crippen molar-refractivity contribution in [3.8, 4) is 0 Å². The van der Waals surface area contributed by atoms with E-state index < -0.39 is 12.1 Å². The Labute approximate surface area is 128 Å². The molecule has 0 saturated carbocycles. The summed E-state index contributed by atoms with van der Waals surface area (Å²) in [6.45, 7) is 1.45. The van der Waals surface area contributed by atoms with Gasteiger partial charge in [0, 0.05) is 19.3 Å². The predicted octanol–water partition coefficient (Wildman–Crippen LogP) is 0.780. The van der Waals surface area contributed by atoms with Gasteiger partial charge in [0.2, 0.25) is 0 Å². The van der Waals surface area contributed by atoms with Crippen molar-refractivity contribution in [2.45, 2.75) is 25.3 Å². The molecule has 3 rings (SSSR count). The largest absolute Gasteiger partial charge is 0.465 e. The van der Waals surface area contributed by atoms with Crippen molar-refractivity contribution in [3.63, 3.8) is 0 Å². The lowest BCUT2D eigenvalue weighted by Gasteiger charge is -2.28. The smallest absolute Gasteiger partial charge is 0.405 e.